The molecule has 10 heavy (non-hydrogen) atoms. The zero-order chi connectivity index (χ0) is 7.98. The molecule has 0 aliphatic carbocycles. The van der Waals surface area contributed by atoms with Gasteiger partial charge >= 0.3 is 14.2 Å². The molecule has 0 spiro atoms. The lowest BCUT2D eigenvalue weighted by Crippen LogP contribution is -2.01. The number of rotatable bonds is 4. The van der Waals surface area contributed by atoms with Crippen LogP contribution < -0.4 is 0 Å². The topological polar surface area (TPSA) is 72.8 Å². The largest absolute Gasteiger partial charge is 0.435 e. The molecular weight excluding hydrogens is 159 g/mol. The van der Waals surface area contributed by atoms with Crippen molar-refractivity contribution in [2.45, 2.75) is 0 Å². The smallest absolute Gasteiger partial charge is 0.332 e. The number of esters is 1. The molecule has 0 amide bonds. The third-order valence-corrected chi connectivity index (χ3v) is 0.915. The summed E-state index contributed by atoms with van der Waals surface area (Å²) in [5.74, 6) is -0.691. The molecule has 0 rings (SSSR count). The summed E-state index contributed by atoms with van der Waals surface area (Å²) in [7, 11) is -3.00. The molecule has 0 aromatic rings. The van der Waals surface area contributed by atoms with Crippen molar-refractivity contribution in [1.29, 1.82) is 0 Å². The molecule has 1 N–H and O–H groups in total. The molecule has 0 fully saturated rings. The van der Waals surface area contributed by atoms with E-state index in [4.69, 9.17) is 4.89 Å². The van der Waals surface area contributed by atoms with Crippen LogP contribution in [0.2, 0.25) is 0 Å². The molecule has 1 atom stereocenters. The molecule has 0 aromatic heterocycles. The SMILES string of the molecule is C=CC(=O)OCO[PH](=O)O. The molecule has 0 aliphatic rings. The van der Waals surface area contributed by atoms with Crippen LogP contribution in [0, 0.1) is 0 Å². The Balaban J connectivity index is 3.28. The summed E-state index contributed by atoms with van der Waals surface area (Å²) >= 11 is 0. The van der Waals surface area contributed by atoms with Gasteiger partial charge in [0.2, 0.25) is 6.79 Å². The van der Waals surface area contributed by atoms with Gasteiger partial charge < -0.3 is 9.63 Å². The Bertz CT molecular complexity index is 154. The maximum absolute atomic E-state index is 10.2. The highest BCUT2D eigenvalue weighted by molar-refractivity contribution is 7.32. The zero-order valence-electron chi connectivity index (χ0n) is 5.07. The third kappa shape index (κ3) is 5.50. The molecule has 0 saturated carbocycles. The van der Waals surface area contributed by atoms with Crippen LogP contribution in [-0.4, -0.2) is 17.7 Å². The quantitative estimate of drug-likeness (QED) is 0.277. The fourth-order valence-corrected chi connectivity index (χ4v) is 0.357. The van der Waals surface area contributed by atoms with E-state index in [1.165, 1.54) is 0 Å². The van der Waals surface area contributed by atoms with E-state index in [2.05, 4.69) is 15.8 Å². The molecule has 1 unspecified atom stereocenters. The number of carbonyl (C=O) groups is 1. The standard InChI is InChI=1S/C4H7O5P/c1-2-4(5)8-3-9-10(6)7/h2,10H,1,3H2,(H,6,7). The molecule has 0 aromatic carbocycles. The van der Waals surface area contributed by atoms with E-state index in [0.29, 0.717) is 0 Å². The van der Waals surface area contributed by atoms with Crippen molar-refractivity contribution < 1.29 is 23.5 Å². The Kier molecular flexibility index (Phi) is 4.84. The van der Waals surface area contributed by atoms with Gasteiger partial charge in [0.05, 0.1) is 0 Å². The van der Waals surface area contributed by atoms with Gasteiger partial charge in [0.15, 0.2) is 0 Å². The van der Waals surface area contributed by atoms with E-state index >= 15 is 0 Å². The van der Waals surface area contributed by atoms with Crippen molar-refractivity contribution in [2.24, 2.45) is 0 Å². The lowest BCUT2D eigenvalue weighted by atomic mass is 10.7. The Morgan fingerprint density at radius 2 is 2.40 bits per heavy atom. The summed E-state index contributed by atoms with van der Waals surface area (Å²) < 4.78 is 18.0. The normalized spacial score (nSPS) is 12.1. The highest BCUT2D eigenvalue weighted by Gasteiger charge is 1.95. The zero-order valence-corrected chi connectivity index (χ0v) is 6.07. The van der Waals surface area contributed by atoms with E-state index in [1.54, 1.807) is 0 Å². The fraction of sp³-hybridized carbons (Fsp3) is 0.250. The summed E-state index contributed by atoms with van der Waals surface area (Å²) in [6.07, 6.45) is 0.929. The molecule has 6 heteroatoms. The summed E-state index contributed by atoms with van der Waals surface area (Å²) in [5.41, 5.74) is 0. The Hall–Kier alpha value is -0.640. The van der Waals surface area contributed by atoms with Gasteiger partial charge in [0.25, 0.3) is 0 Å². The van der Waals surface area contributed by atoms with Crippen LogP contribution in [0.1, 0.15) is 0 Å². The first-order valence-electron chi connectivity index (χ1n) is 2.31. The maximum atomic E-state index is 10.2. The maximum Gasteiger partial charge on any atom is 0.332 e. The minimum atomic E-state index is -3.00. The minimum absolute atomic E-state index is 0.515. The van der Waals surface area contributed by atoms with Crippen molar-refractivity contribution in [2.75, 3.05) is 6.79 Å². The molecule has 0 radical (unpaired) electrons. The lowest BCUT2D eigenvalue weighted by Gasteiger charge is -1.98. The van der Waals surface area contributed by atoms with Crippen LogP contribution in [0.5, 0.6) is 0 Å². The second-order valence-corrected chi connectivity index (χ2v) is 2.02. The predicted molar refractivity (Wildman–Crippen MR) is 33.5 cm³/mol. The first-order chi connectivity index (χ1) is 4.66. The Morgan fingerprint density at radius 3 is 2.80 bits per heavy atom. The van der Waals surface area contributed by atoms with Gasteiger partial charge in [-0.1, -0.05) is 6.58 Å². The van der Waals surface area contributed by atoms with Crippen LogP contribution in [0.4, 0.5) is 0 Å². The number of hydrogen-bond acceptors (Lipinski definition) is 4. The Morgan fingerprint density at radius 1 is 1.80 bits per heavy atom. The van der Waals surface area contributed by atoms with E-state index in [9.17, 15) is 9.36 Å². The first-order valence-corrected chi connectivity index (χ1v) is 3.58. The molecule has 0 aliphatic heterocycles. The van der Waals surface area contributed by atoms with Crippen LogP contribution in [0.15, 0.2) is 12.7 Å². The van der Waals surface area contributed by atoms with Crippen molar-refractivity contribution >= 4 is 14.2 Å². The van der Waals surface area contributed by atoms with Crippen LogP contribution >= 0.6 is 8.25 Å². The van der Waals surface area contributed by atoms with Gasteiger partial charge in [-0.25, -0.2) is 4.79 Å². The molecule has 58 valence electrons. The summed E-state index contributed by atoms with van der Waals surface area (Å²) in [6, 6.07) is 0. The second kappa shape index (κ2) is 5.17. The van der Waals surface area contributed by atoms with E-state index in [1.807, 2.05) is 0 Å². The minimum Gasteiger partial charge on any atom is -0.435 e. The van der Waals surface area contributed by atoms with Gasteiger partial charge in [0.1, 0.15) is 0 Å². The highest BCUT2D eigenvalue weighted by Crippen LogP contribution is 2.13. The van der Waals surface area contributed by atoms with Crippen LogP contribution in [-0.2, 0) is 18.6 Å². The lowest BCUT2D eigenvalue weighted by molar-refractivity contribution is -0.144. The highest BCUT2D eigenvalue weighted by atomic mass is 31.1. The summed E-state index contributed by atoms with van der Waals surface area (Å²) in [5, 5.41) is 0. The Labute approximate surface area is 58.2 Å². The van der Waals surface area contributed by atoms with E-state index < -0.39 is 21.0 Å². The molecule has 5 nitrogen and oxygen atoms in total. The number of ether oxygens (including phenoxy) is 1. The summed E-state index contributed by atoms with van der Waals surface area (Å²) in [6.45, 7) is 2.58. The van der Waals surface area contributed by atoms with Gasteiger partial charge in [-0.15, -0.1) is 0 Å². The van der Waals surface area contributed by atoms with Gasteiger partial charge in [-0.2, -0.15) is 0 Å². The van der Waals surface area contributed by atoms with E-state index in [-0.39, 0.29) is 0 Å². The van der Waals surface area contributed by atoms with Crippen molar-refractivity contribution in [3.8, 4) is 0 Å². The van der Waals surface area contributed by atoms with E-state index in [0.717, 1.165) is 6.08 Å². The molecular formula is C4H7O5P. The first kappa shape index (κ1) is 9.36. The average Bonchev–Trinajstić information content (AvgIpc) is 1.87. The molecule has 0 saturated heterocycles. The van der Waals surface area contributed by atoms with Gasteiger partial charge in [-0.05, 0) is 0 Å². The fourth-order valence-electron chi connectivity index (χ4n) is 0.197. The molecule has 0 bridgehead atoms. The summed E-state index contributed by atoms with van der Waals surface area (Å²) in [4.78, 5) is 18.2. The van der Waals surface area contributed by atoms with Crippen molar-refractivity contribution in [3.63, 3.8) is 0 Å². The molecule has 0 heterocycles. The van der Waals surface area contributed by atoms with Gasteiger partial charge in [-0.3, -0.25) is 9.09 Å². The average molecular weight is 166 g/mol. The van der Waals surface area contributed by atoms with Gasteiger partial charge in [0, 0.05) is 6.08 Å². The predicted octanol–water partition coefficient (Wildman–Crippen LogP) is 0.0717. The monoisotopic (exact) mass is 166 g/mol. The van der Waals surface area contributed by atoms with Crippen LogP contribution in [0.3, 0.4) is 0 Å². The van der Waals surface area contributed by atoms with Crippen LogP contribution in [0.25, 0.3) is 0 Å². The number of hydrogen-bond donors (Lipinski definition) is 1. The van der Waals surface area contributed by atoms with Crippen molar-refractivity contribution in [1.82, 2.24) is 0 Å². The number of carbonyl (C=O) groups excluding carboxylic acids is 1. The third-order valence-electron chi connectivity index (χ3n) is 0.550. The second-order valence-electron chi connectivity index (χ2n) is 1.20. The van der Waals surface area contributed by atoms with Crippen molar-refractivity contribution in [3.05, 3.63) is 12.7 Å².